The van der Waals surface area contributed by atoms with E-state index in [2.05, 4.69) is 20.9 Å². The number of pyridine rings is 1. The van der Waals surface area contributed by atoms with Crippen molar-refractivity contribution in [1.82, 2.24) is 15.2 Å². The van der Waals surface area contributed by atoms with E-state index in [0.29, 0.717) is 44.1 Å². The Labute approximate surface area is 237 Å². The van der Waals surface area contributed by atoms with Crippen molar-refractivity contribution in [1.29, 1.82) is 0 Å². The second-order valence-corrected chi connectivity index (χ2v) is 11.2. The van der Waals surface area contributed by atoms with E-state index in [4.69, 9.17) is 9.47 Å². The van der Waals surface area contributed by atoms with E-state index >= 15 is 0 Å². The minimum Gasteiger partial charge on any atom is -0.376 e. The highest BCUT2D eigenvalue weighted by Crippen LogP contribution is 2.47. The first-order chi connectivity index (χ1) is 20.0. The van der Waals surface area contributed by atoms with Gasteiger partial charge in [0.25, 0.3) is 0 Å². The summed E-state index contributed by atoms with van der Waals surface area (Å²) >= 11 is 0. The lowest BCUT2D eigenvalue weighted by Crippen LogP contribution is -2.69. The van der Waals surface area contributed by atoms with Gasteiger partial charge in [0.2, 0.25) is 17.7 Å². The third-order valence-electron chi connectivity index (χ3n) is 8.71. The summed E-state index contributed by atoms with van der Waals surface area (Å²) in [5.74, 6) is 0.0602. The minimum absolute atomic E-state index is 0.0439. The zero-order valence-electron chi connectivity index (χ0n) is 22.5. The van der Waals surface area contributed by atoms with Crippen LogP contribution in [0.15, 0.2) is 66.9 Å². The summed E-state index contributed by atoms with van der Waals surface area (Å²) in [5, 5.41) is 9.30. The topological polar surface area (TPSA) is 122 Å². The lowest BCUT2D eigenvalue weighted by Gasteiger charge is -2.45. The summed E-state index contributed by atoms with van der Waals surface area (Å²) in [6.07, 6.45) is 2.80. The number of nitrogens with one attached hydrogen (secondary N) is 3. The number of amides is 3. The molecule has 210 valence electrons. The van der Waals surface area contributed by atoms with Crippen LogP contribution in [0.2, 0.25) is 0 Å². The Kier molecular flexibility index (Phi) is 6.33. The maximum Gasteiger partial charge on any atom is 0.248 e. The molecule has 10 heteroatoms. The molecule has 2 atom stereocenters. The number of piperazine rings is 1. The van der Waals surface area contributed by atoms with Gasteiger partial charge in [-0.15, -0.1) is 0 Å². The van der Waals surface area contributed by atoms with Crippen molar-refractivity contribution in [2.75, 3.05) is 50.2 Å². The number of hydrogen-bond donors (Lipinski definition) is 3. The molecule has 0 bridgehead atoms. The molecule has 1 aromatic heterocycles. The molecule has 2 aromatic carbocycles. The molecule has 2 unspecified atom stereocenters. The largest absolute Gasteiger partial charge is 0.376 e. The SMILES string of the molecule is O=C(CN1C(=O)C2(COCCOC2)NCC1c1ccccc1)Nc1ccc2c(c1)CC1(C2)C(=O)Nc2ncccc21. The molecule has 3 N–H and O–H groups in total. The van der Waals surface area contributed by atoms with Crippen molar-refractivity contribution < 1.29 is 23.9 Å². The van der Waals surface area contributed by atoms with Crippen molar-refractivity contribution in [3.8, 4) is 0 Å². The van der Waals surface area contributed by atoms with Crippen molar-refractivity contribution >= 4 is 29.2 Å². The Morgan fingerprint density at radius 3 is 2.59 bits per heavy atom. The zero-order valence-corrected chi connectivity index (χ0v) is 22.5. The number of ether oxygens (including phenoxy) is 2. The minimum atomic E-state index is -1.03. The van der Waals surface area contributed by atoms with E-state index in [-0.39, 0.29) is 43.5 Å². The van der Waals surface area contributed by atoms with Crippen LogP contribution in [0.3, 0.4) is 0 Å². The van der Waals surface area contributed by atoms with E-state index in [1.54, 1.807) is 11.1 Å². The molecule has 4 heterocycles. The molecule has 2 spiro atoms. The highest BCUT2D eigenvalue weighted by molar-refractivity contribution is 6.06. The van der Waals surface area contributed by atoms with E-state index < -0.39 is 11.0 Å². The van der Waals surface area contributed by atoms with E-state index in [1.807, 2.05) is 60.7 Å². The number of aromatic nitrogens is 1. The van der Waals surface area contributed by atoms with Gasteiger partial charge in [0.1, 0.15) is 17.9 Å². The highest BCUT2D eigenvalue weighted by Gasteiger charge is 2.51. The number of fused-ring (bicyclic) bond motifs is 3. The number of anilines is 2. The van der Waals surface area contributed by atoms with Gasteiger partial charge >= 0.3 is 0 Å². The van der Waals surface area contributed by atoms with Gasteiger partial charge in [0.15, 0.2) is 0 Å². The fourth-order valence-corrected chi connectivity index (χ4v) is 6.63. The number of nitrogens with zero attached hydrogens (tertiary/aromatic N) is 2. The molecule has 3 aliphatic heterocycles. The van der Waals surface area contributed by atoms with Crippen molar-refractivity contribution in [2.45, 2.75) is 29.8 Å². The van der Waals surface area contributed by atoms with Crippen LogP contribution in [0.4, 0.5) is 11.5 Å². The summed E-state index contributed by atoms with van der Waals surface area (Å²) in [6, 6.07) is 19.0. The molecule has 3 amide bonds. The van der Waals surface area contributed by atoms with E-state index in [1.165, 1.54) is 0 Å². The fourth-order valence-electron chi connectivity index (χ4n) is 6.63. The zero-order chi connectivity index (χ0) is 28.0. The summed E-state index contributed by atoms with van der Waals surface area (Å²) in [6.45, 7) is 1.55. The quantitative estimate of drug-likeness (QED) is 0.452. The Morgan fingerprint density at radius 2 is 1.78 bits per heavy atom. The molecule has 3 aromatic rings. The number of carbonyl (C=O) groups excluding carboxylic acids is 3. The van der Waals surface area contributed by atoms with Crippen LogP contribution in [-0.4, -0.2) is 72.7 Å². The normalized spacial score (nSPS) is 24.6. The van der Waals surface area contributed by atoms with Crippen LogP contribution in [0.25, 0.3) is 0 Å². The average molecular weight is 554 g/mol. The van der Waals surface area contributed by atoms with Gasteiger partial charge in [0, 0.05) is 24.0 Å². The van der Waals surface area contributed by atoms with Crippen LogP contribution in [0.1, 0.15) is 28.3 Å². The number of hydrogen-bond acceptors (Lipinski definition) is 7. The molecule has 0 radical (unpaired) electrons. The molecule has 7 rings (SSSR count). The van der Waals surface area contributed by atoms with Crippen LogP contribution < -0.4 is 16.0 Å². The molecular weight excluding hydrogens is 522 g/mol. The fraction of sp³-hybridized carbons (Fsp3) is 0.355. The van der Waals surface area contributed by atoms with Gasteiger partial charge in [-0.3, -0.25) is 19.7 Å². The van der Waals surface area contributed by atoms with Crippen molar-refractivity contribution in [3.05, 3.63) is 89.1 Å². The Balaban J connectivity index is 1.11. The maximum absolute atomic E-state index is 13.9. The van der Waals surface area contributed by atoms with Gasteiger partial charge < -0.3 is 25.0 Å². The lowest BCUT2D eigenvalue weighted by atomic mass is 9.79. The predicted molar refractivity (Wildman–Crippen MR) is 150 cm³/mol. The third-order valence-corrected chi connectivity index (χ3v) is 8.71. The first kappa shape index (κ1) is 25.8. The number of benzene rings is 2. The molecule has 41 heavy (non-hydrogen) atoms. The van der Waals surface area contributed by atoms with Gasteiger partial charge in [0.05, 0.1) is 37.9 Å². The number of rotatable bonds is 4. The van der Waals surface area contributed by atoms with Gasteiger partial charge in [-0.1, -0.05) is 42.5 Å². The van der Waals surface area contributed by atoms with Gasteiger partial charge in [-0.25, -0.2) is 4.98 Å². The molecule has 0 saturated carbocycles. The Morgan fingerprint density at radius 1 is 1.00 bits per heavy atom. The first-order valence-corrected chi connectivity index (χ1v) is 13.9. The first-order valence-electron chi connectivity index (χ1n) is 13.9. The Hall–Kier alpha value is -4.12. The molecule has 2 saturated heterocycles. The summed E-state index contributed by atoms with van der Waals surface area (Å²) in [7, 11) is 0. The van der Waals surface area contributed by atoms with Crippen LogP contribution in [0.5, 0.6) is 0 Å². The van der Waals surface area contributed by atoms with Crippen molar-refractivity contribution in [2.24, 2.45) is 0 Å². The number of carbonyl (C=O) groups is 3. The molecule has 10 nitrogen and oxygen atoms in total. The second-order valence-electron chi connectivity index (χ2n) is 11.2. The van der Waals surface area contributed by atoms with E-state index in [9.17, 15) is 14.4 Å². The highest BCUT2D eigenvalue weighted by atomic mass is 16.5. The van der Waals surface area contributed by atoms with Gasteiger partial charge in [-0.2, -0.15) is 0 Å². The van der Waals surface area contributed by atoms with Crippen LogP contribution >= 0.6 is 0 Å². The molecule has 4 aliphatic rings. The summed E-state index contributed by atoms with van der Waals surface area (Å²) < 4.78 is 11.4. The molecule has 1 aliphatic carbocycles. The summed E-state index contributed by atoms with van der Waals surface area (Å²) in [4.78, 5) is 46.4. The van der Waals surface area contributed by atoms with E-state index in [0.717, 1.165) is 22.3 Å². The third kappa shape index (κ3) is 4.39. The predicted octanol–water partition coefficient (Wildman–Crippen LogP) is 1.97. The summed E-state index contributed by atoms with van der Waals surface area (Å²) in [5.41, 5.74) is 2.87. The lowest BCUT2D eigenvalue weighted by molar-refractivity contribution is -0.151. The smallest absolute Gasteiger partial charge is 0.248 e. The average Bonchev–Trinajstić information content (AvgIpc) is 3.38. The van der Waals surface area contributed by atoms with Crippen LogP contribution in [0, 0.1) is 0 Å². The van der Waals surface area contributed by atoms with Gasteiger partial charge in [-0.05, 0) is 47.7 Å². The monoisotopic (exact) mass is 553 g/mol. The van der Waals surface area contributed by atoms with Crippen LogP contribution in [-0.2, 0) is 42.1 Å². The second kappa shape index (κ2) is 10.1. The van der Waals surface area contributed by atoms with Crippen molar-refractivity contribution in [3.63, 3.8) is 0 Å². The maximum atomic E-state index is 13.9. The Bertz CT molecular complexity index is 1520. The molecular formula is C31H31N5O5. The molecule has 2 fully saturated rings. The standard InChI is InChI=1S/C31H31N5O5/c37-26(17-36-25(20-5-2-1-3-6-20)16-33-31(29(36)39)18-40-11-12-41-19-31)34-23-9-8-21-14-30(15-22(21)13-23)24-7-4-10-32-27(24)35-28(30)38/h1-10,13,25,33H,11-12,14-19H2,(H,34,37)(H,32,35,38).